The van der Waals surface area contributed by atoms with Crippen LogP contribution in [0.4, 0.5) is 8.78 Å². The molecule has 1 unspecified atom stereocenters. The van der Waals surface area contributed by atoms with E-state index in [1.807, 2.05) is 12.1 Å². The molecule has 20 heavy (non-hydrogen) atoms. The summed E-state index contributed by atoms with van der Waals surface area (Å²) < 4.78 is 26.4. The van der Waals surface area contributed by atoms with Crippen molar-refractivity contribution in [2.24, 2.45) is 0 Å². The highest BCUT2D eigenvalue weighted by molar-refractivity contribution is 5.24. The summed E-state index contributed by atoms with van der Waals surface area (Å²) in [7, 11) is 0. The lowest BCUT2D eigenvalue weighted by atomic mass is 9.99. The number of hydrogen-bond acceptors (Lipinski definition) is 2. The second kappa shape index (κ2) is 7.10. The Morgan fingerprint density at radius 1 is 1.20 bits per heavy atom. The molecule has 0 radical (unpaired) electrons. The largest absolute Gasteiger partial charge is 0.310 e. The summed E-state index contributed by atoms with van der Waals surface area (Å²) in [6.07, 6.45) is 5.18. The van der Waals surface area contributed by atoms with Gasteiger partial charge in [0, 0.05) is 18.4 Å². The van der Waals surface area contributed by atoms with Gasteiger partial charge in [0.05, 0.1) is 0 Å². The van der Waals surface area contributed by atoms with E-state index in [9.17, 15) is 8.78 Å². The van der Waals surface area contributed by atoms with Crippen LogP contribution in [0.15, 0.2) is 42.7 Å². The fourth-order valence-electron chi connectivity index (χ4n) is 2.11. The summed E-state index contributed by atoms with van der Waals surface area (Å²) in [4.78, 5) is 4.08. The van der Waals surface area contributed by atoms with Crippen molar-refractivity contribution in [3.63, 3.8) is 0 Å². The van der Waals surface area contributed by atoms with E-state index in [0.717, 1.165) is 24.1 Å². The van der Waals surface area contributed by atoms with Gasteiger partial charge in [-0.2, -0.15) is 0 Å². The van der Waals surface area contributed by atoms with Crippen molar-refractivity contribution in [3.05, 3.63) is 65.5 Å². The van der Waals surface area contributed by atoms with Crippen LogP contribution in [-0.4, -0.2) is 11.5 Å². The zero-order valence-electron chi connectivity index (χ0n) is 11.4. The summed E-state index contributed by atoms with van der Waals surface area (Å²) in [5, 5.41) is 3.36. The van der Waals surface area contributed by atoms with Gasteiger partial charge < -0.3 is 5.32 Å². The minimum atomic E-state index is -0.815. The molecule has 0 aliphatic heterocycles. The van der Waals surface area contributed by atoms with Gasteiger partial charge in [0.25, 0.3) is 0 Å². The lowest BCUT2D eigenvalue weighted by Crippen LogP contribution is -2.24. The molecule has 0 aliphatic rings. The minimum absolute atomic E-state index is 0.0470. The lowest BCUT2D eigenvalue weighted by molar-refractivity contribution is 0.493. The van der Waals surface area contributed by atoms with Gasteiger partial charge in [-0.3, -0.25) is 4.98 Å². The molecular formula is C16H18F2N2. The molecule has 1 atom stereocenters. The Hall–Kier alpha value is -1.81. The predicted octanol–water partition coefficient (Wildman–Crippen LogP) is 3.64. The van der Waals surface area contributed by atoms with Gasteiger partial charge in [-0.25, -0.2) is 8.78 Å². The number of pyridine rings is 1. The average Bonchev–Trinajstić information content (AvgIpc) is 2.47. The Labute approximate surface area is 117 Å². The molecule has 0 amide bonds. The maximum Gasteiger partial charge on any atom is 0.159 e. The van der Waals surface area contributed by atoms with Crippen molar-refractivity contribution < 1.29 is 8.78 Å². The normalized spacial score (nSPS) is 12.3. The Morgan fingerprint density at radius 2 is 2.05 bits per heavy atom. The molecular weight excluding hydrogens is 258 g/mol. The summed E-state index contributed by atoms with van der Waals surface area (Å²) in [5.41, 5.74) is 1.81. The molecule has 2 rings (SSSR count). The smallest absolute Gasteiger partial charge is 0.159 e. The first-order valence-electron chi connectivity index (χ1n) is 6.78. The molecule has 0 saturated carbocycles. The van der Waals surface area contributed by atoms with Crippen LogP contribution in [0.5, 0.6) is 0 Å². The third-order valence-corrected chi connectivity index (χ3v) is 3.15. The number of halogens is 2. The Morgan fingerprint density at radius 3 is 2.70 bits per heavy atom. The average molecular weight is 276 g/mol. The molecule has 1 heterocycles. The van der Waals surface area contributed by atoms with Crippen molar-refractivity contribution in [1.29, 1.82) is 0 Å². The van der Waals surface area contributed by atoms with E-state index >= 15 is 0 Å². The zero-order chi connectivity index (χ0) is 14.4. The second-order valence-corrected chi connectivity index (χ2v) is 4.75. The van der Waals surface area contributed by atoms with Gasteiger partial charge in [0.1, 0.15) is 0 Å². The second-order valence-electron chi connectivity index (χ2n) is 4.75. The van der Waals surface area contributed by atoms with Gasteiger partial charge in [-0.05, 0) is 48.7 Å². The van der Waals surface area contributed by atoms with Crippen LogP contribution in [-0.2, 0) is 6.42 Å². The molecule has 4 heteroatoms. The topological polar surface area (TPSA) is 24.9 Å². The SMILES string of the molecule is CCCNC(Cc1cccnc1)c1ccc(F)c(F)c1. The van der Waals surface area contributed by atoms with E-state index < -0.39 is 11.6 Å². The lowest BCUT2D eigenvalue weighted by Gasteiger charge is -2.19. The van der Waals surface area contributed by atoms with Crippen molar-refractivity contribution in [2.75, 3.05) is 6.54 Å². The van der Waals surface area contributed by atoms with Gasteiger partial charge >= 0.3 is 0 Å². The first-order chi connectivity index (χ1) is 9.70. The summed E-state index contributed by atoms with van der Waals surface area (Å²) in [6.45, 7) is 2.89. The van der Waals surface area contributed by atoms with E-state index in [1.165, 1.54) is 12.1 Å². The number of benzene rings is 1. The van der Waals surface area contributed by atoms with Crippen LogP contribution < -0.4 is 5.32 Å². The number of nitrogens with zero attached hydrogens (tertiary/aromatic N) is 1. The van der Waals surface area contributed by atoms with Crippen LogP contribution in [0, 0.1) is 11.6 Å². The zero-order valence-corrected chi connectivity index (χ0v) is 11.4. The Bertz CT molecular complexity index is 543. The quantitative estimate of drug-likeness (QED) is 0.871. The standard InChI is InChI=1S/C16H18F2N2/c1-2-7-20-16(9-12-4-3-8-19-11-12)13-5-6-14(17)15(18)10-13/h3-6,8,10-11,16,20H,2,7,9H2,1H3. The first kappa shape index (κ1) is 14.6. The van der Waals surface area contributed by atoms with Crippen LogP contribution in [0.25, 0.3) is 0 Å². The fourth-order valence-corrected chi connectivity index (χ4v) is 2.11. The van der Waals surface area contributed by atoms with Crippen LogP contribution >= 0.6 is 0 Å². The first-order valence-corrected chi connectivity index (χ1v) is 6.78. The molecule has 1 aromatic carbocycles. The Kier molecular flexibility index (Phi) is 5.18. The van der Waals surface area contributed by atoms with Crippen LogP contribution in [0.1, 0.15) is 30.5 Å². The maximum absolute atomic E-state index is 13.4. The highest BCUT2D eigenvalue weighted by Gasteiger charge is 2.14. The molecule has 0 saturated heterocycles. The monoisotopic (exact) mass is 276 g/mol. The molecule has 1 N–H and O–H groups in total. The third-order valence-electron chi connectivity index (χ3n) is 3.15. The van der Waals surface area contributed by atoms with Crippen LogP contribution in [0.3, 0.4) is 0 Å². The van der Waals surface area contributed by atoms with Gasteiger partial charge in [-0.15, -0.1) is 0 Å². The number of nitrogens with one attached hydrogen (secondary N) is 1. The van der Waals surface area contributed by atoms with E-state index in [-0.39, 0.29) is 6.04 Å². The van der Waals surface area contributed by atoms with Crippen LogP contribution in [0.2, 0.25) is 0 Å². The highest BCUT2D eigenvalue weighted by atomic mass is 19.2. The van der Waals surface area contributed by atoms with E-state index in [1.54, 1.807) is 18.5 Å². The summed E-state index contributed by atoms with van der Waals surface area (Å²) in [6, 6.07) is 7.87. The van der Waals surface area contributed by atoms with Gasteiger partial charge in [0.2, 0.25) is 0 Å². The van der Waals surface area contributed by atoms with Crippen molar-refractivity contribution in [2.45, 2.75) is 25.8 Å². The molecule has 0 spiro atoms. The van der Waals surface area contributed by atoms with Crippen molar-refractivity contribution in [3.8, 4) is 0 Å². The van der Waals surface area contributed by atoms with Crippen molar-refractivity contribution in [1.82, 2.24) is 10.3 Å². The Balaban J connectivity index is 2.20. The third kappa shape index (κ3) is 3.84. The molecule has 1 aromatic heterocycles. The number of aromatic nitrogens is 1. The number of rotatable bonds is 6. The molecule has 2 aromatic rings. The molecule has 106 valence electrons. The minimum Gasteiger partial charge on any atom is -0.310 e. The summed E-state index contributed by atoms with van der Waals surface area (Å²) in [5.74, 6) is -1.62. The molecule has 0 fully saturated rings. The molecule has 0 aliphatic carbocycles. The molecule has 2 nitrogen and oxygen atoms in total. The summed E-state index contributed by atoms with van der Waals surface area (Å²) >= 11 is 0. The van der Waals surface area contributed by atoms with Crippen molar-refractivity contribution >= 4 is 0 Å². The predicted molar refractivity (Wildman–Crippen MR) is 75.3 cm³/mol. The van der Waals surface area contributed by atoms with Gasteiger partial charge in [0.15, 0.2) is 11.6 Å². The van der Waals surface area contributed by atoms with E-state index in [2.05, 4.69) is 17.2 Å². The van der Waals surface area contributed by atoms with E-state index in [0.29, 0.717) is 6.42 Å². The maximum atomic E-state index is 13.4. The molecule has 0 bridgehead atoms. The fraction of sp³-hybridized carbons (Fsp3) is 0.312. The van der Waals surface area contributed by atoms with E-state index in [4.69, 9.17) is 0 Å². The van der Waals surface area contributed by atoms with Gasteiger partial charge in [-0.1, -0.05) is 19.1 Å². The highest BCUT2D eigenvalue weighted by Crippen LogP contribution is 2.20. The number of hydrogen-bond donors (Lipinski definition) is 1.